The smallest absolute Gasteiger partial charge is 0.308 e. The first-order valence-electron chi connectivity index (χ1n) is 10.8. The lowest BCUT2D eigenvalue weighted by molar-refractivity contribution is -0.151. The molecule has 3 N–H and O–H groups in total. The number of unbranched alkanes of at least 4 members (excludes halogenated alkanes) is 1. The Hall–Kier alpha value is -3.10. The summed E-state index contributed by atoms with van der Waals surface area (Å²) in [7, 11) is 0. The third-order valence-corrected chi connectivity index (χ3v) is 4.88. The van der Waals surface area contributed by atoms with Gasteiger partial charge in [0.15, 0.2) is 0 Å². The summed E-state index contributed by atoms with van der Waals surface area (Å²) in [5.74, 6) is -1.33. The fourth-order valence-corrected chi connectivity index (χ4v) is 3.15. The molecule has 0 spiro atoms. The van der Waals surface area contributed by atoms with E-state index in [2.05, 4.69) is 16.0 Å². The van der Waals surface area contributed by atoms with Crippen molar-refractivity contribution in [3.05, 3.63) is 29.8 Å². The summed E-state index contributed by atoms with van der Waals surface area (Å²) < 4.78 is 5.14. The van der Waals surface area contributed by atoms with Crippen molar-refractivity contribution in [1.29, 1.82) is 0 Å². The fraction of sp³-hybridized carbons (Fsp3) is 0.545. The molecule has 1 aliphatic rings. The van der Waals surface area contributed by atoms with Gasteiger partial charge in [-0.05, 0) is 31.0 Å². The highest BCUT2D eigenvalue weighted by molar-refractivity contribution is 5.95. The van der Waals surface area contributed by atoms with Crippen molar-refractivity contribution >= 4 is 29.4 Å². The van der Waals surface area contributed by atoms with E-state index >= 15 is 0 Å². The zero-order chi connectivity index (χ0) is 22.6. The van der Waals surface area contributed by atoms with Gasteiger partial charge in [0, 0.05) is 30.9 Å². The Morgan fingerprint density at radius 3 is 2.77 bits per heavy atom. The first-order chi connectivity index (χ1) is 15.0. The number of carbonyl (C=O) groups is 4. The van der Waals surface area contributed by atoms with Crippen LogP contribution in [0.3, 0.4) is 0 Å². The summed E-state index contributed by atoms with van der Waals surface area (Å²) in [6.07, 6.45) is 2.32. The van der Waals surface area contributed by atoms with Crippen LogP contribution in [0.1, 0.15) is 49.9 Å². The minimum atomic E-state index is -0.886. The summed E-state index contributed by atoms with van der Waals surface area (Å²) >= 11 is 0. The molecule has 1 unspecified atom stereocenters. The van der Waals surface area contributed by atoms with Gasteiger partial charge in [0.1, 0.15) is 6.04 Å². The van der Waals surface area contributed by atoms with Crippen LogP contribution in [-0.4, -0.2) is 67.4 Å². The lowest BCUT2D eigenvalue weighted by atomic mass is 10.1. The van der Waals surface area contributed by atoms with E-state index in [4.69, 9.17) is 4.74 Å². The molecular weight excluding hydrogens is 400 g/mol. The third-order valence-electron chi connectivity index (χ3n) is 4.88. The molecule has 1 heterocycles. The number of piperazine rings is 1. The van der Waals surface area contributed by atoms with Gasteiger partial charge in [-0.2, -0.15) is 0 Å². The van der Waals surface area contributed by atoms with Gasteiger partial charge in [0.2, 0.25) is 11.8 Å². The second kappa shape index (κ2) is 12.6. The maximum atomic E-state index is 12.8. The number of nitrogens with zero attached hydrogens (tertiary/aromatic N) is 1. The Morgan fingerprint density at radius 2 is 2.03 bits per heavy atom. The van der Waals surface area contributed by atoms with Crippen LogP contribution in [0.25, 0.3) is 0 Å². The van der Waals surface area contributed by atoms with Gasteiger partial charge in [0.25, 0.3) is 5.91 Å². The molecule has 0 aromatic heterocycles. The Balaban J connectivity index is 1.95. The predicted molar refractivity (Wildman–Crippen MR) is 117 cm³/mol. The number of rotatable bonds is 11. The van der Waals surface area contributed by atoms with Crippen molar-refractivity contribution in [3.8, 4) is 0 Å². The van der Waals surface area contributed by atoms with E-state index in [0.717, 1.165) is 19.3 Å². The van der Waals surface area contributed by atoms with Crippen molar-refractivity contribution in [2.75, 3.05) is 38.1 Å². The van der Waals surface area contributed by atoms with Crippen LogP contribution in [0, 0.1) is 0 Å². The third kappa shape index (κ3) is 7.58. The maximum Gasteiger partial charge on any atom is 0.308 e. The van der Waals surface area contributed by atoms with Crippen molar-refractivity contribution in [2.24, 2.45) is 0 Å². The molecule has 0 saturated carbocycles. The molecule has 170 valence electrons. The van der Waals surface area contributed by atoms with E-state index in [1.807, 2.05) is 13.8 Å². The first kappa shape index (κ1) is 24.2. The molecule has 9 nitrogen and oxygen atoms in total. The van der Waals surface area contributed by atoms with Gasteiger partial charge >= 0.3 is 5.97 Å². The molecule has 1 aromatic rings. The Morgan fingerprint density at radius 1 is 1.23 bits per heavy atom. The lowest BCUT2D eigenvalue weighted by Crippen LogP contribution is -2.58. The lowest BCUT2D eigenvalue weighted by Gasteiger charge is -2.34. The van der Waals surface area contributed by atoms with Crippen LogP contribution in [0.15, 0.2) is 24.3 Å². The Bertz CT molecular complexity index is 783. The highest BCUT2D eigenvalue weighted by Crippen LogP contribution is 2.13. The first-order valence-corrected chi connectivity index (χ1v) is 10.8. The molecule has 1 atom stereocenters. The molecule has 3 amide bonds. The van der Waals surface area contributed by atoms with E-state index < -0.39 is 12.0 Å². The van der Waals surface area contributed by atoms with Crippen LogP contribution in [0.5, 0.6) is 0 Å². The summed E-state index contributed by atoms with van der Waals surface area (Å²) in [6.45, 7) is 5.45. The van der Waals surface area contributed by atoms with Gasteiger partial charge < -0.3 is 25.6 Å². The summed E-state index contributed by atoms with van der Waals surface area (Å²) in [5, 5.41) is 8.51. The minimum Gasteiger partial charge on any atom is -0.466 e. The number of amides is 3. The number of esters is 1. The average Bonchev–Trinajstić information content (AvgIpc) is 2.77. The van der Waals surface area contributed by atoms with Crippen LogP contribution in [0.4, 0.5) is 5.69 Å². The number of ether oxygens (including phenoxy) is 1. The molecule has 2 rings (SSSR count). The SMILES string of the molecule is CCCCOC(=O)CC1C(=O)NCCN1C(=O)CNc1cccc(C(=O)NCCC)c1. The molecular formula is C22H32N4O5. The van der Waals surface area contributed by atoms with Crippen LogP contribution >= 0.6 is 0 Å². The van der Waals surface area contributed by atoms with E-state index in [9.17, 15) is 19.2 Å². The number of nitrogens with one attached hydrogen (secondary N) is 3. The van der Waals surface area contributed by atoms with Gasteiger partial charge in [0.05, 0.1) is 19.6 Å². The Kier molecular flexibility index (Phi) is 9.80. The van der Waals surface area contributed by atoms with E-state index in [1.165, 1.54) is 4.90 Å². The second-order valence-corrected chi connectivity index (χ2v) is 7.36. The van der Waals surface area contributed by atoms with Crippen molar-refractivity contribution in [1.82, 2.24) is 15.5 Å². The van der Waals surface area contributed by atoms with Gasteiger partial charge in [-0.25, -0.2) is 0 Å². The number of carbonyl (C=O) groups excluding carboxylic acids is 4. The van der Waals surface area contributed by atoms with Gasteiger partial charge in [-0.3, -0.25) is 19.2 Å². The largest absolute Gasteiger partial charge is 0.466 e. The molecule has 0 radical (unpaired) electrons. The molecule has 9 heteroatoms. The molecule has 1 aromatic carbocycles. The number of benzene rings is 1. The van der Waals surface area contributed by atoms with E-state index in [-0.39, 0.29) is 30.7 Å². The highest BCUT2D eigenvalue weighted by atomic mass is 16.5. The van der Waals surface area contributed by atoms with Gasteiger partial charge in [-0.1, -0.05) is 26.3 Å². The van der Waals surface area contributed by atoms with Gasteiger partial charge in [-0.15, -0.1) is 0 Å². The normalized spacial score (nSPS) is 15.7. The molecule has 1 saturated heterocycles. The zero-order valence-corrected chi connectivity index (χ0v) is 18.2. The van der Waals surface area contributed by atoms with Crippen molar-refractivity contribution < 1.29 is 23.9 Å². The molecule has 31 heavy (non-hydrogen) atoms. The van der Waals surface area contributed by atoms with Crippen LogP contribution in [-0.2, 0) is 19.1 Å². The molecule has 0 bridgehead atoms. The van der Waals surface area contributed by atoms with Crippen molar-refractivity contribution in [3.63, 3.8) is 0 Å². The minimum absolute atomic E-state index is 0.0608. The molecule has 1 aliphatic heterocycles. The second-order valence-electron chi connectivity index (χ2n) is 7.36. The zero-order valence-electron chi connectivity index (χ0n) is 18.2. The number of hydrogen-bond acceptors (Lipinski definition) is 6. The summed E-state index contributed by atoms with van der Waals surface area (Å²) in [5.41, 5.74) is 1.12. The number of hydrogen-bond donors (Lipinski definition) is 3. The fourth-order valence-electron chi connectivity index (χ4n) is 3.15. The monoisotopic (exact) mass is 432 g/mol. The summed E-state index contributed by atoms with van der Waals surface area (Å²) in [4.78, 5) is 50.6. The predicted octanol–water partition coefficient (Wildman–Crippen LogP) is 1.30. The summed E-state index contributed by atoms with van der Waals surface area (Å²) in [6, 6.07) is 5.98. The maximum absolute atomic E-state index is 12.8. The quantitative estimate of drug-likeness (QED) is 0.358. The topological polar surface area (TPSA) is 117 Å². The molecule has 1 fully saturated rings. The Labute approximate surface area is 182 Å². The van der Waals surface area contributed by atoms with Crippen LogP contribution < -0.4 is 16.0 Å². The highest BCUT2D eigenvalue weighted by Gasteiger charge is 2.34. The number of anilines is 1. The average molecular weight is 433 g/mol. The van der Waals surface area contributed by atoms with Crippen LogP contribution in [0.2, 0.25) is 0 Å². The van der Waals surface area contributed by atoms with Crippen molar-refractivity contribution in [2.45, 2.75) is 45.6 Å². The van der Waals surface area contributed by atoms with E-state index in [0.29, 0.717) is 37.5 Å². The molecule has 0 aliphatic carbocycles. The van der Waals surface area contributed by atoms with E-state index in [1.54, 1.807) is 24.3 Å². The standard InChI is InChI=1S/C22H32N4O5/c1-3-5-12-31-20(28)14-18-22(30)24-10-11-26(18)19(27)15-25-17-8-6-7-16(13-17)21(29)23-9-4-2/h6-8,13,18,25H,3-5,9-12,14-15H2,1-2H3,(H,23,29)(H,24,30).